The Morgan fingerprint density at radius 1 is 1.45 bits per heavy atom. The maximum atomic E-state index is 10.7. The molecule has 4 heteroatoms. The van der Waals surface area contributed by atoms with E-state index < -0.39 is 18.1 Å². The smallest absolute Gasteiger partial charge is 0.246 e. The van der Waals surface area contributed by atoms with Gasteiger partial charge < -0.3 is 15.5 Å². The van der Waals surface area contributed by atoms with Crippen LogP contribution in [-0.4, -0.2) is 34.9 Å². The number of aliphatic hydroxyl groups is 2. The fraction of sp³-hybridized carbons (Fsp3) is 0.857. The van der Waals surface area contributed by atoms with Crippen LogP contribution in [0.5, 0.6) is 0 Å². The lowest BCUT2D eigenvalue weighted by Gasteiger charge is -2.24. The molecule has 1 amide bonds. The zero-order valence-electron chi connectivity index (χ0n) is 6.92. The summed E-state index contributed by atoms with van der Waals surface area (Å²) in [5.41, 5.74) is -0.436. The Bertz CT molecular complexity index is 134. The molecular formula is C7H15NO3. The SMILES string of the molecule is CC(C)(CCO)NC(=O)CO. The van der Waals surface area contributed by atoms with E-state index in [1.54, 1.807) is 13.8 Å². The largest absolute Gasteiger partial charge is 0.396 e. The molecule has 4 nitrogen and oxygen atoms in total. The molecule has 66 valence electrons. The maximum absolute atomic E-state index is 10.7. The second-order valence-corrected chi connectivity index (χ2v) is 3.06. The van der Waals surface area contributed by atoms with Crippen LogP contribution in [0.4, 0.5) is 0 Å². The van der Waals surface area contributed by atoms with Crippen molar-refractivity contribution in [1.82, 2.24) is 5.32 Å². The van der Waals surface area contributed by atoms with E-state index in [-0.39, 0.29) is 6.61 Å². The lowest BCUT2D eigenvalue weighted by Crippen LogP contribution is -2.45. The highest BCUT2D eigenvalue weighted by atomic mass is 16.3. The van der Waals surface area contributed by atoms with Crippen molar-refractivity contribution in [2.24, 2.45) is 0 Å². The minimum Gasteiger partial charge on any atom is -0.396 e. The highest BCUT2D eigenvalue weighted by Gasteiger charge is 2.18. The van der Waals surface area contributed by atoms with E-state index in [4.69, 9.17) is 10.2 Å². The molecule has 0 aliphatic rings. The second-order valence-electron chi connectivity index (χ2n) is 3.06. The lowest BCUT2D eigenvalue weighted by molar-refractivity contribution is -0.125. The fourth-order valence-electron chi connectivity index (χ4n) is 0.759. The molecule has 0 aromatic carbocycles. The maximum Gasteiger partial charge on any atom is 0.246 e. The lowest BCUT2D eigenvalue weighted by atomic mass is 10.0. The molecule has 0 aliphatic heterocycles. The average molecular weight is 161 g/mol. The van der Waals surface area contributed by atoms with Crippen molar-refractivity contribution >= 4 is 5.91 Å². The third-order valence-corrected chi connectivity index (χ3v) is 1.36. The molecule has 0 heterocycles. The van der Waals surface area contributed by atoms with Gasteiger partial charge in [0.25, 0.3) is 0 Å². The van der Waals surface area contributed by atoms with Gasteiger partial charge in [0.1, 0.15) is 6.61 Å². The third kappa shape index (κ3) is 4.75. The molecule has 0 aromatic heterocycles. The predicted molar refractivity (Wildman–Crippen MR) is 41.0 cm³/mol. The summed E-state index contributed by atoms with van der Waals surface area (Å²) in [4.78, 5) is 10.7. The second kappa shape index (κ2) is 4.31. The van der Waals surface area contributed by atoms with Crippen molar-refractivity contribution in [2.45, 2.75) is 25.8 Å². The first-order valence-electron chi connectivity index (χ1n) is 3.54. The topological polar surface area (TPSA) is 69.6 Å². The summed E-state index contributed by atoms with van der Waals surface area (Å²) in [6, 6.07) is 0. The van der Waals surface area contributed by atoms with E-state index >= 15 is 0 Å². The van der Waals surface area contributed by atoms with Gasteiger partial charge in [-0.25, -0.2) is 0 Å². The molecule has 0 unspecified atom stereocenters. The standard InChI is InChI=1S/C7H15NO3/c1-7(2,3-4-9)8-6(11)5-10/h9-10H,3-5H2,1-2H3,(H,8,11). The number of hydrogen-bond donors (Lipinski definition) is 3. The van der Waals surface area contributed by atoms with Gasteiger partial charge in [0.2, 0.25) is 5.91 Å². The van der Waals surface area contributed by atoms with E-state index in [0.29, 0.717) is 6.42 Å². The van der Waals surface area contributed by atoms with Gasteiger partial charge in [0.05, 0.1) is 0 Å². The van der Waals surface area contributed by atoms with E-state index in [1.807, 2.05) is 0 Å². The molecule has 0 spiro atoms. The average Bonchev–Trinajstić information content (AvgIpc) is 1.86. The van der Waals surface area contributed by atoms with Gasteiger partial charge in [-0.3, -0.25) is 4.79 Å². The van der Waals surface area contributed by atoms with Crippen molar-refractivity contribution in [3.05, 3.63) is 0 Å². The monoisotopic (exact) mass is 161 g/mol. The first-order valence-corrected chi connectivity index (χ1v) is 3.54. The summed E-state index contributed by atoms with van der Waals surface area (Å²) in [6.07, 6.45) is 0.485. The van der Waals surface area contributed by atoms with E-state index in [1.165, 1.54) is 0 Å². The van der Waals surface area contributed by atoms with E-state index in [9.17, 15) is 4.79 Å². The van der Waals surface area contributed by atoms with E-state index in [2.05, 4.69) is 5.32 Å². The number of nitrogens with one attached hydrogen (secondary N) is 1. The van der Waals surface area contributed by atoms with Crippen molar-refractivity contribution < 1.29 is 15.0 Å². The molecule has 0 aromatic rings. The summed E-state index contributed by atoms with van der Waals surface area (Å²) in [7, 11) is 0. The van der Waals surface area contributed by atoms with Crippen LogP contribution in [-0.2, 0) is 4.79 Å². The van der Waals surface area contributed by atoms with Crippen molar-refractivity contribution in [1.29, 1.82) is 0 Å². The summed E-state index contributed by atoms with van der Waals surface area (Å²) in [6.45, 7) is 3.10. The van der Waals surface area contributed by atoms with Crippen LogP contribution >= 0.6 is 0 Å². The Morgan fingerprint density at radius 3 is 2.36 bits per heavy atom. The highest BCUT2D eigenvalue weighted by Crippen LogP contribution is 2.06. The zero-order chi connectivity index (χ0) is 8.91. The number of carbonyl (C=O) groups excluding carboxylic acids is 1. The van der Waals surface area contributed by atoms with Crippen LogP contribution in [0.25, 0.3) is 0 Å². The summed E-state index contributed by atoms with van der Waals surface area (Å²) in [5, 5.41) is 19.5. The van der Waals surface area contributed by atoms with E-state index in [0.717, 1.165) is 0 Å². The van der Waals surface area contributed by atoms with Crippen molar-refractivity contribution in [2.75, 3.05) is 13.2 Å². The van der Waals surface area contributed by atoms with Crippen LogP contribution < -0.4 is 5.32 Å². The molecule has 0 saturated heterocycles. The number of aliphatic hydroxyl groups excluding tert-OH is 2. The zero-order valence-corrected chi connectivity index (χ0v) is 6.92. The van der Waals surface area contributed by atoms with Crippen LogP contribution in [0.3, 0.4) is 0 Å². The number of rotatable bonds is 4. The minimum absolute atomic E-state index is 0.0265. The molecule has 3 N–H and O–H groups in total. The van der Waals surface area contributed by atoms with Gasteiger partial charge in [0.15, 0.2) is 0 Å². The Kier molecular flexibility index (Phi) is 4.07. The Morgan fingerprint density at radius 2 is 2.00 bits per heavy atom. The first kappa shape index (κ1) is 10.4. The summed E-state index contributed by atoms with van der Waals surface area (Å²) in [5.74, 6) is -0.413. The van der Waals surface area contributed by atoms with Crippen LogP contribution in [0, 0.1) is 0 Å². The molecule has 0 rings (SSSR count). The predicted octanol–water partition coefficient (Wildman–Crippen LogP) is -0.744. The van der Waals surface area contributed by atoms with Crippen molar-refractivity contribution in [3.8, 4) is 0 Å². The third-order valence-electron chi connectivity index (χ3n) is 1.36. The number of hydrogen-bond acceptors (Lipinski definition) is 3. The van der Waals surface area contributed by atoms with Crippen LogP contribution in [0.1, 0.15) is 20.3 Å². The van der Waals surface area contributed by atoms with Gasteiger partial charge in [0, 0.05) is 12.1 Å². The van der Waals surface area contributed by atoms with Gasteiger partial charge in [-0.1, -0.05) is 0 Å². The Labute approximate surface area is 66.2 Å². The molecule has 0 radical (unpaired) electrons. The highest BCUT2D eigenvalue weighted by molar-refractivity contribution is 5.77. The Balaban J connectivity index is 3.80. The Hall–Kier alpha value is -0.610. The van der Waals surface area contributed by atoms with Crippen LogP contribution in [0.15, 0.2) is 0 Å². The molecule has 0 fully saturated rings. The van der Waals surface area contributed by atoms with Gasteiger partial charge in [-0.15, -0.1) is 0 Å². The molecule has 0 aliphatic carbocycles. The summed E-state index contributed by atoms with van der Waals surface area (Å²) < 4.78 is 0. The summed E-state index contributed by atoms with van der Waals surface area (Å²) >= 11 is 0. The molecule has 0 atom stereocenters. The molecular weight excluding hydrogens is 146 g/mol. The fourth-order valence-corrected chi connectivity index (χ4v) is 0.759. The minimum atomic E-state index is -0.505. The van der Waals surface area contributed by atoms with Gasteiger partial charge in [-0.2, -0.15) is 0 Å². The van der Waals surface area contributed by atoms with Gasteiger partial charge >= 0.3 is 0 Å². The molecule has 11 heavy (non-hydrogen) atoms. The molecule has 0 saturated carbocycles. The quantitative estimate of drug-likeness (QED) is 0.508. The van der Waals surface area contributed by atoms with Crippen molar-refractivity contribution in [3.63, 3.8) is 0 Å². The first-order chi connectivity index (χ1) is 5.02. The normalized spacial score (nSPS) is 11.3. The van der Waals surface area contributed by atoms with Gasteiger partial charge in [-0.05, 0) is 20.3 Å². The number of amides is 1. The number of carbonyl (C=O) groups is 1. The van der Waals surface area contributed by atoms with Crippen LogP contribution in [0.2, 0.25) is 0 Å². The molecule has 0 bridgehead atoms.